The van der Waals surface area contributed by atoms with E-state index in [1.807, 2.05) is 6.92 Å². The number of hydrogen-bond donors (Lipinski definition) is 2. The van der Waals surface area contributed by atoms with Crippen molar-refractivity contribution in [3.05, 3.63) is 17.8 Å². The molecule has 1 fully saturated rings. The van der Waals surface area contributed by atoms with E-state index >= 15 is 0 Å². The predicted molar refractivity (Wildman–Crippen MR) is 65.2 cm³/mol. The quantitative estimate of drug-likeness (QED) is 0.598. The lowest BCUT2D eigenvalue weighted by atomic mass is 10.2. The summed E-state index contributed by atoms with van der Waals surface area (Å²) in [5, 5.41) is 7.37. The van der Waals surface area contributed by atoms with E-state index in [4.69, 9.17) is 15.9 Å². The summed E-state index contributed by atoms with van der Waals surface area (Å²) in [6, 6.07) is 0. The van der Waals surface area contributed by atoms with Crippen molar-refractivity contribution < 1.29 is 9.13 Å². The van der Waals surface area contributed by atoms with Gasteiger partial charge >= 0.3 is 0 Å². The molecule has 1 saturated heterocycles. The first-order chi connectivity index (χ1) is 8.63. The van der Waals surface area contributed by atoms with Crippen LogP contribution >= 0.6 is 0 Å². The van der Waals surface area contributed by atoms with Gasteiger partial charge in [-0.05, 0) is 6.42 Å². The number of aryl methyl sites for hydroxylation is 1. The third-order valence-electron chi connectivity index (χ3n) is 2.89. The van der Waals surface area contributed by atoms with Crippen molar-refractivity contribution in [1.82, 2.24) is 9.97 Å². The van der Waals surface area contributed by atoms with E-state index in [9.17, 15) is 4.39 Å². The molecule has 1 aromatic heterocycles. The highest BCUT2D eigenvalue weighted by Crippen LogP contribution is 2.20. The number of nitrogens with one attached hydrogen (secondary N) is 1. The summed E-state index contributed by atoms with van der Waals surface area (Å²) in [7, 11) is 0. The largest absolute Gasteiger partial charge is 0.385 e. The van der Waals surface area contributed by atoms with Gasteiger partial charge in [0.2, 0.25) is 0 Å². The van der Waals surface area contributed by atoms with E-state index < -0.39 is 11.9 Å². The molecule has 1 aromatic rings. The summed E-state index contributed by atoms with van der Waals surface area (Å²) in [6.07, 6.45) is 1.37. The molecular formula is C11H16FN5O. The number of hydrogen-bond acceptors (Lipinski definition) is 5. The van der Waals surface area contributed by atoms with Gasteiger partial charge in [-0.1, -0.05) is 6.92 Å². The number of anilines is 1. The van der Waals surface area contributed by atoms with Crippen LogP contribution in [-0.2, 0) is 11.2 Å². The highest BCUT2D eigenvalue weighted by molar-refractivity contribution is 5.82. The number of morpholine rings is 1. The minimum Gasteiger partial charge on any atom is -0.385 e. The molecule has 1 unspecified atom stereocenters. The summed E-state index contributed by atoms with van der Waals surface area (Å²) in [5.41, 5.74) is 5.80. The van der Waals surface area contributed by atoms with E-state index in [1.54, 1.807) is 4.90 Å². The molecular weight excluding hydrogens is 237 g/mol. The lowest BCUT2D eigenvalue weighted by molar-refractivity contribution is 0.0820. The van der Waals surface area contributed by atoms with Crippen molar-refractivity contribution in [2.45, 2.75) is 19.4 Å². The van der Waals surface area contributed by atoms with Gasteiger partial charge in [-0.3, -0.25) is 5.41 Å². The number of halogens is 1. The molecule has 1 aliphatic heterocycles. The average Bonchev–Trinajstić information content (AvgIpc) is 2.39. The highest BCUT2D eigenvalue weighted by Gasteiger charge is 2.26. The Kier molecular flexibility index (Phi) is 3.71. The molecule has 0 radical (unpaired) electrons. The predicted octanol–water partition coefficient (Wildman–Crippen LogP) is 0.319. The zero-order chi connectivity index (χ0) is 13.1. The zero-order valence-electron chi connectivity index (χ0n) is 10.2. The molecule has 18 heavy (non-hydrogen) atoms. The first-order valence-electron chi connectivity index (χ1n) is 5.83. The molecule has 2 rings (SSSR count). The maximum Gasteiger partial charge on any atom is 0.187 e. The number of amidine groups is 1. The lowest BCUT2D eigenvalue weighted by Crippen LogP contribution is -2.48. The van der Waals surface area contributed by atoms with Crippen molar-refractivity contribution >= 4 is 11.7 Å². The number of nitrogens with two attached hydrogens (primary N) is 1. The fraction of sp³-hybridized carbons (Fsp3) is 0.545. The topological polar surface area (TPSA) is 88.1 Å². The van der Waals surface area contributed by atoms with Gasteiger partial charge in [-0.25, -0.2) is 14.4 Å². The molecule has 1 atom stereocenters. The number of ether oxygens (including phenoxy) is 1. The minimum atomic E-state index is -0.502. The molecule has 0 bridgehead atoms. The Morgan fingerprint density at radius 3 is 3.11 bits per heavy atom. The van der Waals surface area contributed by atoms with Crippen LogP contribution in [0.4, 0.5) is 10.2 Å². The van der Waals surface area contributed by atoms with Gasteiger partial charge in [0.05, 0.1) is 18.8 Å². The smallest absolute Gasteiger partial charge is 0.187 e. The van der Waals surface area contributed by atoms with Crippen LogP contribution in [0.15, 0.2) is 6.33 Å². The van der Waals surface area contributed by atoms with Gasteiger partial charge in [0.25, 0.3) is 0 Å². The maximum atomic E-state index is 14.1. The van der Waals surface area contributed by atoms with Crippen molar-refractivity contribution in [2.75, 3.05) is 24.6 Å². The molecule has 0 spiro atoms. The number of rotatable bonds is 3. The molecule has 0 amide bonds. The molecule has 0 saturated carbocycles. The van der Waals surface area contributed by atoms with Crippen LogP contribution in [-0.4, -0.2) is 41.6 Å². The molecule has 7 heteroatoms. The second kappa shape index (κ2) is 5.26. The van der Waals surface area contributed by atoms with E-state index in [0.717, 1.165) is 0 Å². The monoisotopic (exact) mass is 253 g/mol. The average molecular weight is 253 g/mol. The molecule has 6 nitrogen and oxygen atoms in total. The molecule has 98 valence electrons. The van der Waals surface area contributed by atoms with Crippen molar-refractivity contribution in [2.24, 2.45) is 5.73 Å². The SMILES string of the molecule is CCc1ncnc(N2CCOC(C(=N)N)C2)c1F. The second-order valence-electron chi connectivity index (χ2n) is 4.07. The normalized spacial score (nSPS) is 19.9. The van der Waals surface area contributed by atoms with Crippen molar-refractivity contribution in [3.8, 4) is 0 Å². The molecule has 0 aliphatic carbocycles. The van der Waals surface area contributed by atoms with Gasteiger partial charge < -0.3 is 15.4 Å². The van der Waals surface area contributed by atoms with Crippen LogP contribution in [0.1, 0.15) is 12.6 Å². The zero-order valence-corrected chi connectivity index (χ0v) is 10.2. The summed E-state index contributed by atoms with van der Waals surface area (Å²) in [5.74, 6) is -0.189. The Labute approximate surface area is 104 Å². The van der Waals surface area contributed by atoms with Crippen molar-refractivity contribution in [3.63, 3.8) is 0 Å². The van der Waals surface area contributed by atoms with Crippen LogP contribution in [0.2, 0.25) is 0 Å². The highest BCUT2D eigenvalue weighted by atomic mass is 19.1. The summed E-state index contributed by atoms with van der Waals surface area (Å²) >= 11 is 0. The van der Waals surface area contributed by atoms with E-state index in [1.165, 1.54) is 6.33 Å². The summed E-state index contributed by atoms with van der Waals surface area (Å²) in [6.45, 7) is 3.11. The Morgan fingerprint density at radius 1 is 1.67 bits per heavy atom. The first-order valence-corrected chi connectivity index (χ1v) is 5.83. The maximum absolute atomic E-state index is 14.1. The van der Waals surface area contributed by atoms with E-state index in [0.29, 0.717) is 31.8 Å². The fourth-order valence-corrected chi connectivity index (χ4v) is 1.89. The Hall–Kier alpha value is -1.76. The minimum absolute atomic E-state index is 0.0510. The van der Waals surface area contributed by atoms with Crippen LogP contribution in [0.3, 0.4) is 0 Å². The van der Waals surface area contributed by atoms with E-state index in [2.05, 4.69) is 9.97 Å². The van der Waals surface area contributed by atoms with Crippen LogP contribution in [0.5, 0.6) is 0 Å². The van der Waals surface area contributed by atoms with Crippen LogP contribution in [0.25, 0.3) is 0 Å². The van der Waals surface area contributed by atoms with E-state index in [-0.39, 0.29) is 11.7 Å². The standard InChI is InChI=1S/C11H16FN5O/c1-2-7-9(12)11(16-6-15-7)17-3-4-18-8(5-17)10(13)14/h6,8H,2-5H2,1H3,(H3,13,14). The Morgan fingerprint density at radius 2 is 2.44 bits per heavy atom. The summed E-state index contributed by atoms with van der Waals surface area (Å²) < 4.78 is 19.4. The second-order valence-corrected chi connectivity index (χ2v) is 4.07. The first kappa shape index (κ1) is 12.7. The number of nitrogens with zero attached hydrogens (tertiary/aromatic N) is 3. The molecule has 2 heterocycles. The van der Waals surface area contributed by atoms with Crippen LogP contribution < -0.4 is 10.6 Å². The van der Waals surface area contributed by atoms with Crippen LogP contribution in [0, 0.1) is 11.2 Å². The Bertz CT molecular complexity index is 453. The third kappa shape index (κ3) is 2.40. The van der Waals surface area contributed by atoms with Gasteiger partial charge in [0.15, 0.2) is 11.6 Å². The summed E-state index contributed by atoms with van der Waals surface area (Å²) in [4.78, 5) is 9.61. The van der Waals surface area contributed by atoms with Gasteiger partial charge in [0.1, 0.15) is 18.3 Å². The van der Waals surface area contributed by atoms with Gasteiger partial charge in [-0.2, -0.15) is 0 Å². The molecule has 1 aliphatic rings. The molecule has 3 N–H and O–H groups in total. The van der Waals surface area contributed by atoms with Crippen molar-refractivity contribution in [1.29, 1.82) is 5.41 Å². The van der Waals surface area contributed by atoms with Gasteiger partial charge in [-0.15, -0.1) is 0 Å². The lowest BCUT2D eigenvalue weighted by Gasteiger charge is -2.33. The fourth-order valence-electron chi connectivity index (χ4n) is 1.89. The number of aromatic nitrogens is 2. The Balaban J connectivity index is 2.23. The third-order valence-corrected chi connectivity index (χ3v) is 2.89. The van der Waals surface area contributed by atoms with Gasteiger partial charge in [0, 0.05) is 6.54 Å². The molecule has 0 aromatic carbocycles.